The normalized spacial score (nSPS) is 18.6. The number of benzene rings is 1. The highest BCUT2D eigenvalue weighted by molar-refractivity contribution is 6.62. The van der Waals surface area contributed by atoms with Gasteiger partial charge >= 0.3 is 7.12 Å². The van der Waals surface area contributed by atoms with Crippen molar-refractivity contribution in [1.82, 2.24) is 0 Å². The van der Waals surface area contributed by atoms with Crippen LogP contribution >= 0.6 is 0 Å². The summed E-state index contributed by atoms with van der Waals surface area (Å²) in [6.07, 6.45) is 1.68. The van der Waals surface area contributed by atoms with Crippen molar-refractivity contribution in [2.45, 2.75) is 65.6 Å². The van der Waals surface area contributed by atoms with Crippen molar-refractivity contribution in [3.63, 3.8) is 0 Å². The fraction of sp³-hybridized carbons (Fsp3) is 0.588. The van der Waals surface area contributed by atoms with Gasteiger partial charge in [-0.05, 0) is 46.5 Å². The van der Waals surface area contributed by atoms with Gasteiger partial charge in [-0.25, -0.2) is 0 Å². The minimum atomic E-state index is -0.261. The average Bonchev–Trinajstić information content (AvgIpc) is 2.61. The summed E-state index contributed by atoms with van der Waals surface area (Å²) in [7, 11) is -0.245. The van der Waals surface area contributed by atoms with E-state index in [9.17, 15) is 0 Å². The summed E-state index contributed by atoms with van der Waals surface area (Å²) in [6, 6.07) is 10.3. The van der Waals surface area contributed by atoms with Crippen LogP contribution < -0.4 is 5.46 Å². The zero-order valence-corrected chi connectivity index (χ0v) is 14.1. The van der Waals surface area contributed by atoms with Gasteiger partial charge in [0.2, 0.25) is 0 Å². The van der Waals surface area contributed by atoms with E-state index in [2.05, 4.69) is 58.9 Å². The van der Waals surface area contributed by atoms with Gasteiger partial charge in [-0.2, -0.15) is 5.26 Å². The van der Waals surface area contributed by atoms with Crippen LogP contribution in [0.3, 0.4) is 0 Å². The molecule has 4 heteroatoms. The third-order valence-corrected chi connectivity index (χ3v) is 3.96. The molecule has 1 heterocycles. The Morgan fingerprint density at radius 3 is 1.86 bits per heavy atom. The van der Waals surface area contributed by atoms with Gasteiger partial charge in [-0.3, -0.25) is 0 Å². The molecule has 0 aromatic heterocycles. The fourth-order valence-corrected chi connectivity index (χ4v) is 1.81. The molecule has 0 bridgehead atoms. The van der Waals surface area contributed by atoms with Gasteiger partial charge in [0.1, 0.15) is 0 Å². The lowest BCUT2D eigenvalue weighted by Gasteiger charge is -2.32. The number of hydrogen-bond acceptors (Lipinski definition) is 3. The first-order valence-corrected chi connectivity index (χ1v) is 7.52. The summed E-state index contributed by atoms with van der Waals surface area (Å²) < 4.78 is 11.9. The first kappa shape index (κ1) is 17.7. The van der Waals surface area contributed by atoms with Crippen molar-refractivity contribution < 1.29 is 9.31 Å². The van der Waals surface area contributed by atoms with Crippen molar-refractivity contribution in [2.75, 3.05) is 0 Å². The summed E-state index contributed by atoms with van der Waals surface area (Å²) in [4.78, 5) is 0. The van der Waals surface area contributed by atoms with Crippen LogP contribution in [0.25, 0.3) is 0 Å². The second kappa shape index (κ2) is 7.11. The molecule has 1 saturated heterocycles. The second-order valence-corrected chi connectivity index (χ2v) is 6.41. The quantitative estimate of drug-likeness (QED) is 0.780. The minimum Gasteiger partial charge on any atom is -0.399 e. The zero-order chi connectivity index (χ0) is 16.1. The summed E-state index contributed by atoms with van der Waals surface area (Å²) in [5.41, 5.74) is 1.81. The van der Waals surface area contributed by atoms with Crippen LogP contribution in [-0.2, 0) is 9.31 Å². The molecule has 1 aromatic carbocycles. The van der Waals surface area contributed by atoms with Crippen LogP contribution in [0.5, 0.6) is 0 Å². The molecule has 0 unspecified atom stereocenters. The van der Waals surface area contributed by atoms with Gasteiger partial charge in [0.15, 0.2) is 0 Å². The SMILES string of the molecule is CCCC#N.Cc1ccc(B2OC(C)(C)C(C)(C)O2)cc1. The summed E-state index contributed by atoms with van der Waals surface area (Å²) >= 11 is 0. The molecular weight excluding hydrogens is 261 g/mol. The Hall–Kier alpha value is -1.31. The molecule has 1 aromatic rings. The molecular formula is C17H26BNO2. The van der Waals surface area contributed by atoms with Crippen LogP contribution in [0.15, 0.2) is 24.3 Å². The number of rotatable bonds is 2. The number of nitrogens with zero attached hydrogens (tertiary/aromatic N) is 1. The van der Waals surface area contributed by atoms with E-state index in [0.717, 1.165) is 11.9 Å². The van der Waals surface area contributed by atoms with Crippen molar-refractivity contribution in [3.05, 3.63) is 29.8 Å². The molecule has 0 saturated carbocycles. The number of hydrogen-bond donors (Lipinski definition) is 0. The number of aryl methyl sites for hydroxylation is 1. The third kappa shape index (κ3) is 4.59. The lowest BCUT2D eigenvalue weighted by atomic mass is 9.79. The smallest absolute Gasteiger partial charge is 0.399 e. The van der Waals surface area contributed by atoms with Gasteiger partial charge < -0.3 is 9.31 Å². The van der Waals surface area contributed by atoms with E-state index in [1.807, 2.05) is 13.0 Å². The summed E-state index contributed by atoms with van der Waals surface area (Å²) in [5, 5.41) is 7.82. The molecule has 0 aliphatic carbocycles. The van der Waals surface area contributed by atoms with Gasteiger partial charge in [0.25, 0.3) is 0 Å². The van der Waals surface area contributed by atoms with Crippen LogP contribution in [0.4, 0.5) is 0 Å². The highest BCUT2D eigenvalue weighted by Crippen LogP contribution is 2.36. The molecule has 114 valence electrons. The molecule has 3 nitrogen and oxygen atoms in total. The first-order chi connectivity index (χ1) is 9.73. The van der Waals surface area contributed by atoms with Crippen LogP contribution in [0.1, 0.15) is 53.0 Å². The molecule has 1 aliphatic rings. The van der Waals surface area contributed by atoms with Crippen LogP contribution in [0, 0.1) is 18.3 Å². The lowest BCUT2D eigenvalue weighted by molar-refractivity contribution is 0.00578. The standard InChI is InChI=1S/C13H19BO2.C4H7N/c1-10-6-8-11(9-7-10)14-15-12(2,3)13(4,5)16-14;1-2-3-4-5/h6-9H,1-5H3;2-3H2,1H3. The van der Waals surface area contributed by atoms with Gasteiger partial charge in [-0.15, -0.1) is 0 Å². The summed E-state index contributed by atoms with van der Waals surface area (Å²) in [5.74, 6) is 0. The van der Waals surface area contributed by atoms with Crippen molar-refractivity contribution in [3.8, 4) is 6.07 Å². The highest BCUT2D eigenvalue weighted by Gasteiger charge is 2.51. The zero-order valence-electron chi connectivity index (χ0n) is 14.1. The monoisotopic (exact) mass is 287 g/mol. The van der Waals surface area contributed by atoms with Crippen molar-refractivity contribution in [1.29, 1.82) is 5.26 Å². The Bertz CT molecular complexity index is 473. The largest absolute Gasteiger partial charge is 0.494 e. The van der Waals surface area contributed by atoms with E-state index in [-0.39, 0.29) is 18.3 Å². The molecule has 0 N–H and O–H groups in total. The topological polar surface area (TPSA) is 42.2 Å². The fourth-order valence-electron chi connectivity index (χ4n) is 1.81. The summed E-state index contributed by atoms with van der Waals surface area (Å²) in [6.45, 7) is 12.3. The third-order valence-electron chi connectivity index (χ3n) is 3.96. The predicted octanol–water partition coefficient (Wildman–Crippen LogP) is 3.60. The van der Waals surface area contributed by atoms with E-state index in [4.69, 9.17) is 14.6 Å². The van der Waals surface area contributed by atoms with Crippen molar-refractivity contribution >= 4 is 12.6 Å². The molecule has 0 radical (unpaired) electrons. The number of unbranched alkanes of at least 4 members (excludes halogenated alkanes) is 1. The maximum atomic E-state index is 7.82. The molecule has 1 aliphatic heterocycles. The van der Waals surface area contributed by atoms with Crippen LogP contribution in [-0.4, -0.2) is 18.3 Å². The van der Waals surface area contributed by atoms with Crippen molar-refractivity contribution in [2.24, 2.45) is 0 Å². The second-order valence-electron chi connectivity index (χ2n) is 6.41. The molecule has 0 amide bonds. The lowest BCUT2D eigenvalue weighted by Crippen LogP contribution is -2.41. The van der Waals surface area contributed by atoms with E-state index < -0.39 is 0 Å². The first-order valence-electron chi connectivity index (χ1n) is 7.52. The average molecular weight is 287 g/mol. The molecule has 21 heavy (non-hydrogen) atoms. The molecule has 0 atom stereocenters. The highest BCUT2D eigenvalue weighted by atomic mass is 16.7. The van der Waals surface area contributed by atoms with Gasteiger partial charge in [-0.1, -0.05) is 36.8 Å². The van der Waals surface area contributed by atoms with E-state index in [1.165, 1.54) is 5.56 Å². The Morgan fingerprint density at radius 2 is 1.52 bits per heavy atom. The number of nitriles is 1. The van der Waals surface area contributed by atoms with Gasteiger partial charge in [0.05, 0.1) is 17.3 Å². The maximum absolute atomic E-state index is 7.82. The predicted molar refractivity (Wildman–Crippen MR) is 87.4 cm³/mol. The Labute approximate surface area is 129 Å². The van der Waals surface area contributed by atoms with E-state index in [0.29, 0.717) is 6.42 Å². The Morgan fingerprint density at radius 1 is 1.05 bits per heavy atom. The van der Waals surface area contributed by atoms with Gasteiger partial charge in [0, 0.05) is 6.42 Å². The Balaban J connectivity index is 0.000000383. The van der Waals surface area contributed by atoms with E-state index in [1.54, 1.807) is 0 Å². The molecule has 1 fully saturated rings. The molecule has 0 spiro atoms. The van der Waals surface area contributed by atoms with Crippen LogP contribution in [0.2, 0.25) is 0 Å². The Kier molecular flexibility index (Phi) is 6.01. The molecule has 2 rings (SSSR count). The minimum absolute atomic E-state index is 0.245. The maximum Gasteiger partial charge on any atom is 0.494 e. The van der Waals surface area contributed by atoms with E-state index >= 15 is 0 Å².